The molecule has 0 saturated carbocycles. The van der Waals surface area contributed by atoms with Gasteiger partial charge >= 0.3 is 5.97 Å². The first-order valence-corrected chi connectivity index (χ1v) is 8.39. The van der Waals surface area contributed by atoms with Crippen molar-refractivity contribution in [3.63, 3.8) is 0 Å². The van der Waals surface area contributed by atoms with Crippen LogP contribution < -0.4 is 9.80 Å². The van der Waals surface area contributed by atoms with Gasteiger partial charge in [-0.2, -0.15) is 0 Å². The Morgan fingerprint density at radius 1 is 1.00 bits per heavy atom. The second-order valence-corrected chi connectivity index (χ2v) is 6.84. The second-order valence-electron chi connectivity index (χ2n) is 6.84. The fraction of sp³-hybridized carbons (Fsp3) is 0.350. The van der Waals surface area contributed by atoms with Gasteiger partial charge in [-0.15, -0.1) is 0 Å². The summed E-state index contributed by atoms with van der Waals surface area (Å²) in [6.45, 7) is 7.99. The van der Waals surface area contributed by atoms with Crippen molar-refractivity contribution in [2.24, 2.45) is 0 Å². The molecule has 4 nitrogen and oxygen atoms in total. The van der Waals surface area contributed by atoms with Crippen LogP contribution >= 0.6 is 0 Å². The zero-order chi connectivity index (χ0) is 16.8. The normalized spacial score (nSPS) is 18.5. The van der Waals surface area contributed by atoms with Crippen LogP contribution in [0.2, 0.25) is 0 Å². The van der Waals surface area contributed by atoms with Gasteiger partial charge in [0.2, 0.25) is 0 Å². The van der Waals surface area contributed by atoms with Crippen LogP contribution in [-0.4, -0.2) is 18.7 Å². The Morgan fingerprint density at radius 2 is 1.62 bits per heavy atom. The van der Waals surface area contributed by atoms with Gasteiger partial charge in [-0.25, -0.2) is 0 Å². The van der Waals surface area contributed by atoms with Gasteiger partial charge in [0, 0.05) is 31.4 Å². The van der Waals surface area contributed by atoms with Gasteiger partial charge in [0.05, 0.1) is 6.54 Å². The van der Waals surface area contributed by atoms with E-state index >= 15 is 0 Å². The van der Waals surface area contributed by atoms with Gasteiger partial charge in [0.25, 0.3) is 0 Å². The van der Waals surface area contributed by atoms with Crippen LogP contribution in [0.1, 0.15) is 29.2 Å². The number of carbonyl (C=O) groups is 1. The van der Waals surface area contributed by atoms with Crippen LogP contribution in [0.15, 0.2) is 36.4 Å². The van der Waals surface area contributed by atoms with E-state index in [-0.39, 0.29) is 12.2 Å². The van der Waals surface area contributed by atoms with E-state index in [0.717, 1.165) is 13.1 Å². The Morgan fingerprint density at radius 3 is 2.29 bits per heavy atom. The molecule has 1 atom stereocenters. The Bertz CT molecular complexity index is 815. The van der Waals surface area contributed by atoms with E-state index in [1.807, 2.05) is 0 Å². The van der Waals surface area contributed by atoms with Gasteiger partial charge in [-0.05, 0) is 37.1 Å². The third-order valence-corrected chi connectivity index (χ3v) is 4.85. The molecule has 0 aliphatic carbocycles. The van der Waals surface area contributed by atoms with Crippen LogP contribution in [0.5, 0.6) is 0 Å². The first kappa shape index (κ1) is 15.1. The highest BCUT2D eigenvalue weighted by Crippen LogP contribution is 2.38. The average molecular weight is 322 g/mol. The molecule has 0 radical (unpaired) electrons. The molecule has 2 aliphatic heterocycles. The van der Waals surface area contributed by atoms with Crippen molar-refractivity contribution in [3.8, 4) is 0 Å². The van der Waals surface area contributed by atoms with Crippen molar-refractivity contribution in [1.82, 2.24) is 0 Å². The van der Waals surface area contributed by atoms with Crippen molar-refractivity contribution in [1.29, 1.82) is 0 Å². The molecule has 24 heavy (non-hydrogen) atoms. The molecule has 2 aromatic rings. The number of aryl methyl sites for hydroxylation is 2. The van der Waals surface area contributed by atoms with Gasteiger partial charge in [-0.3, -0.25) is 4.79 Å². The smallest absolute Gasteiger partial charge is 0.304 e. The minimum Gasteiger partial charge on any atom is -0.440 e. The summed E-state index contributed by atoms with van der Waals surface area (Å²) in [6.07, 6.45) is -0.265. The van der Waals surface area contributed by atoms with Crippen LogP contribution in [-0.2, 0) is 22.6 Å². The summed E-state index contributed by atoms with van der Waals surface area (Å²) < 4.78 is 5.68. The van der Waals surface area contributed by atoms with Crippen LogP contribution in [0.3, 0.4) is 0 Å². The van der Waals surface area contributed by atoms with Crippen molar-refractivity contribution in [2.75, 3.05) is 16.3 Å². The summed E-state index contributed by atoms with van der Waals surface area (Å²) in [7, 11) is 0. The lowest BCUT2D eigenvalue weighted by Gasteiger charge is -2.31. The molecule has 4 heteroatoms. The number of anilines is 2. The third kappa shape index (κ3) is 2.52. The first-order chi connectivity index (χ1) is 11.5. The maximum absolute atomic E-state index is 11.6. The van der Waals surface area contributed by atoms with Crippen molar-refractivity contribution < 1.29 is 9.53 Å². The van der Waals surface area contributed by atoms with E-state index in [0.29, 0.717) is 6.54 Å². The summed E-state index contributed by atoms with van der Waals surface area (Å²) in [6, 6.07) is 13.1. The Balaban J connectivity index is 1.87. The highest BCUT2D eigenvalue weighted by atomic mass is 16.6. The number of hydrogen-bond donors (Lipinski definition) is 0. The van der Waals surface area contributed by atoms with Crippen molar-refractivity contribution in [3.05, 3.63) is 58.7 Å². The lowest BCUT2D eigenvalue weighted by molar-refractivity contribution is -0.145. The fourth-order valence-electron chi connectivity index (χ4n) is 3.83. The van der Waals surface area contributed by atoms with Gasteiger partial charge in [0.1, 0.15) is 0 Å². The minimum atomic E-state index is -0.265. The monoisotopic (exact) mass is 322 g/mol. The van der Waals surface area contributed by atoms with Crippen LogP contribution in [0.25, 0.3) is 0 Å². The van der Waals surface area contributed by atoms with E-state index in [1.54, 1.807) is 0 Å². The number of esters is 1. The molecule has 0 amide bonds. The topological polar surface area (TPSA) is 32.8 Å². The second kappa shape index (κ2) is 5.55. The number of fused-ring (bicyclic) bond motifs is 7. The zero-order valence-electron chi connectivity index (χ0n) is 14.4. The predicted octanol–water partition coefficient (Wildman–Crippen LogP) is 3.53. The molecule has 4 rings (SSSR count). The van der Waals surface area contributed by atoms with Crippen LogP contribution in [0.4, 0.5) is 11.4 Å². The van der Waals surface area contributed by atoms with E-state index in [4.69, 9.17) is 4.74 Å². The molecule has 0 N–H and O–H groups in total. The molecule has 2 aliphatic rings. The highest BCUT2D eigenvalue weighted by Gasteiger charge is 2.34. The molecule has 0 aromatic heterocycles. The standard InChI is InChI=1S/C20H22N2O2/c1-13-4-6-18-17(9-13)11-22-19-7-5-14(2)8-16(19)10-21(18)12-20(22)24-15(3)23/h4-9,20H,10-12H2,1-3H3. The molecule has 0 spiro atoms. The Labute approximate surface area is 142 Å². The van der Waals surface area contributed by atoms with E-state index in [1.165, 1.54) is 40.6 Å². The lowest BCUT2D eigenvalue weighted by atomic mass is 10.0. The van der Waals surface area contributed by atoms with Crippen molar-refractivity contribution in [2.45, 2.75) is 40.1 Å². The summed E-state index contributed by atoms with van der Waals surface area (Å²) in [5, 5.41) is 0. The molecule has 124 valence electrons. The maximum atomic E-state index is 11.6. The number of hydrogen-bond acceptors (Lipinski definition) is 4. The molecule has 2 aromatic carbocycles. The summed E-state index contributed by atoms with van der Waals surface area (Å²) in [5.74, 6) is -0.234. The molecule has 1 unspecified atom stereocenters. The first-order valence-electron chi connectivity index (χ1n) is 8.39. The minimum absolute atomic E-state index is 0.234. The average Bonchev–Trinajstić information content (AvgIpc) is 2.72. The quantitative estimate of drug-likeness (QED) is 0.752. The SMILES string of the molecule is CC(=O)OC1CN2Cc3cc(C)ccc3N1Cc1cc(C)ccc12. The fourth-order valence-corrected chi connectivity index (χ4v) is 3.83. The number of nitrogens with zero attached hydrogens (tertiary/aromatic N) is 2. The molecular weight excluding hydrogens is 300 g/mol. The lowest BCUT2D eigenvalue weighted by Crippen LogP contribution is -2.42. The van der Waals surface area contributed by atoms with E-state index in [2.05, 4.69) is 60.0 Å². The van der Waals surface area contributed by atoms with Crippen molar-refractivity contribution >= 4 is 17.3 Å². The number of benzene rings is 2. The maximum Gasteiger partial charge on any atom is 0.304 e. The van der Waals surface area contributed by atoms with Gasteiger partial charge in [0.15, 0.2) is 6.23 Å². The summed E-state index contributed by atoms with van der Waals surface area (Å²) in [5.41, 5.74) is 7.49. The van der Waals surface area contributed by atoms with Crippen LogP contribution in [0, 0.1) is 13.8 Å². The molecular formula is C20H22N2O2. The third-order valence-electron chi connectivity index (χ3n) is 4.85. The Hall–Kier alpha value is -2.49. The molecule has 0 saturated heterocycles. The summed E-state index contributed by atoms with van der Waals surface area (Å²) >= 11 is 0. The number of carbonyl (C=O) groups excluding carboxylic acids is 1. The van der Waals surface area contributed by atoms with E-state index < -0.39 is 0 Å². The number of rotatable bonds is 1. The number of ether oxygens (including phenoxy) is 1. The zero-order valence-corrected chi connectivity index (χ0v) is 14.4. The van der Waals surface area contributed by atoms with Gasteiger partial charge < -0.3 is 14.5 Å². The Kier molecular flexibility index (Phi) is 3.48. The highest BCUT2D eigenvalue weighted by molar-refractivity contribution is 5.69. The predicted molar refractivity (Wildman–Crippen MR) is 95.1 cm³/mol. The largest absolute Gasteiger partial charge is 0.440 e. The molecule has 2 heterocycles. The molecule has 0 fully saturated rings. The van der Waals surface area contributed by atoms with E-state index in [9.17, 15) is 4.79 Å². The summed E-state index contributed by atoms with van der Waals surface area (Å²) in [4.78, 5) is 16.2. The van der Waals surface area contributed by atoms with Gasteiger partial charge in [-0.1, -0.05) is 35.4 Å². The molecule has 2 bridgehead atoms.